The summed E-state index contributed by atoms with van der Waals surface area (Å²) >= 11 is 5.29. The van der Waals surface area contributed by atoms with Gasteiger partial charge in [0.25, 0.3) is 4.84 Å². The van der Waals surface area contributed by atoms with Crippen LogP contribution in [-0.2, 0) is 16.7 Å². The second-order valence-electron chi connectivity index (χ2n) is 6.44. The molecule has 0 aliphatic heterocycles. The van der Waals surface area contributed by atoms with Gasteiger partial charge in [-0.1, -0.05) is 23.9 Å². The molecule has 1 aromatic heterocycles. The van der Waals surface area contributed by atoms with E-state index in [4.69, 9.17) is 26.6 Å². The highest BCUT2D eigenvalue weighted by atomic mass is 32.2. The number of nitrogens with zero attached hydrogens (tertiary/aromatic N) is 3. The molecule has 29 heavy (non-hydrogen) atoms. The Balaban J connectivity index is 1.97. The molecule has 1 heterocycles. The van der Waals surface area contributed by atoms with Crippen LogP contribution in [0.15, 0.2) is 51.8 Å². The summed E-state index contributed by atoms with van der Waals surface area (Å²) < 4.78 is 42.1. The fourth-order valence-electron chi connectivity index (χ4n) is 2.86. The molecule has 2 aromatic carbocycles. The summed E-state index contributed by atoms with van der Waals surface area (Å²) in [5, 5.41) is 8.76. The molecule has 0 fully saturated rings. The van der Waals surface area contributed by atoms with Crippen molar-refractivity contribution in [1.29, 1.82) is 5.26 Å². The Labute approximate surface area is 174 Å². The van der Waals surface area contributed by atoms with Crippen LogP contribution in [0.3, 0.4) is 0 Å². The summed E-state index contributed by atoms with van der Waals surface area (Å²) in [5.41, 5.74) is 1.27. The van der Waals surface area contributed by atoms with Crippen molar-refractivity contribution in [2.75, 3.05) is 20.7 Å². The van der Waals surface area contributed by atoms with E-state index < -0.39 is 10.0 Å². The number of methoxy groups -OCH3 is 1. The van der Waals surface area contributed by atoms with Crippen LogP contribution in [0, 0.1) is 16.2 Å². The molecular formula is C19H20N4O4S2. The number of rotatable bonds is 8. The standard InChI is InChI=1S/C19H19N4O4S2/c1-22(11-5-10-20)13-23-16-12-14(8-9-18(16)27-19(23)28)29(24,25)21-15-6-3-4-7-17(15)26-2/h3-4,6-9,12H,5,11,13H2,1-2H3/q-1/p+1. The normalized spacial score (nSPS) is 12.4. The van der Waals surface area contributed by atoms with Crippen molar-refractivity contribution < 1.29 is 22.5 Å². The van der Waals surface area contributed by atoms with E-state index in [1.54, 1.807) is 34.9 Å². The van der Waals surface area contributed by atoms with Gasteiger partial charge in [0.05, 0.1) is 43.6 Å². The first-order valence-electron chi connectivity index (χ1n) is 8.78. The average molecular weight is 433 g/mol. The average Bonchev–Trinajstić information content (AvgIpc) is 3.01. The van der Waals surface area contributed by atoms with Crippen LogP contribution in [0.5, 0.6) is 5.75 Å². The van der Waals surface area contributed by atoms with E-state index in [2.05, 4.69) is 10.8 Å². The van der Waals surface area contributed by atoms with Crippen molar-refractivity contribution in [1.82, 2.24) is 4.57 Å². The van der Waals surface area contributed by atoms with Crippen molar-refractivity contribution in [3.8, 4) is 11.8 Å². The number of aromatic nitrogens is 1. The molecule has 1 unspecified atom stereocenters. The van der Waals surface area contributed by atoms with Gasteiger partial charge in [0.1, 0.15) is 15.8 Å². The molecule has 0 aliphatic carbocycles. The molecule has 0 amide bonds. The Morgan fingerprint density at radius 2 is 2.07 bits per heavy atom. The summed E-state index contributed by atoms with van der Waals surface area (Å²) in [4.78, 5) is 1.31. The van der Waals surface area contributed by atoms with Gasteiger partial charge in [0, 0.05) is 0 Å². The zero-order chi connectivity index (χ0) is 21.0. The van der Waals surface area contributed by atoms with Gasteiger partial charge in [0.15, 0.2) is 12.3 Å². The Bertz CT molecular complexity index is 1220. The first kappa shape index (κ1) is 20.9. The Morgan fingerprint density at radius 3 is 2.79 bits per heavy atom. The van der Waals surface area contributed by atoms with Gasteiger partial charge in [-0.2, -0.15) is 5.26 Å². The van der Waals surface area contributed by atoms with E-state index in [-0.39, 0.29) is 15.4 Å². The van der Waals surface area contributed by atoms with Crippen LogP contribution in [0.25, 0.3) is 15.8 Å². The van der Waals surface area contributed by atoms with Gasteiger partial charge in [-0.15, -0.1) is 0 Å². The highest BCUT2D eigenvalue weighted by Crippen LogP contribution is 2.36. The largest absolute Gasteiger partial charge is 0.570 e. The van der Waals surface area contributed by atoms with Gasteiger partial charge < -0.3 is 18.8 Å². The van der Waals surface area contributed by atoms with E-state index in [0.29, 0.717) is 36.5 Å². The number of oxazole rings is 1. The number of para-hydroxylation sites is 1. The van der Waals surface area contributed by atoms with Crippen LogP contribution < -0.4 is 9.64 Å². The van der Waals surface area contributed by atoms with Crippen LogP contribution in [-0.4, -0.2) is 33.7 Å². The smallest absolute Gasteiger partial charge is 0.274 e. The fraction of sp³-hybridized carbons (Fsp3) is 0.263. The lowest BCUT2D eigenvalue weighted by Gasteiger charge is -2.24. The number of quaternary nitrogens is 1. The van der Waals surface area contributed by atoms with Crippen LogP contribution in [0.1, 0.15) is 6.42 Å². The minimum Gasteiger partial charge on any atom is -0.570 e. The van der Waals surface area contributed by atoms with Crippen molar-refractivity contribution in [2.24, 2.45) is 0 Å². The highest BCUT2D eigenvalue weighted by Gasteiger charge is 2.15. The topological polar surface area (TPSA) is 104 Å². The quantitative estimate of drug-likeness (QED) is 0.549. The number of nitriles is 1. The third-order valence-corrected chi connectivity index (χ3v) is 5.92. The molecule has 152 valence electrons. The molecule has 0 bridgehead atoms. The SMILES string of the molecule is COc1ccccc1[N-]S(=O)(=O)c1ccc2oc(=S)n(C[NH+](C)CCC#N)c2c1. The van der Waals surface area contributed by atoms with Crippen molar-refractivity contribution >= 4 is 39.0 Å². The predicted molar refractivity (Wildman–Crippen MR) is 110 cm³/mol. The lowest BCUT2D eigenvalue weighted by Crippen LogP contribution is -3.08. The maximum absolute atomic E-state index is 12.9. The van der Waals surface area contributed by atoms with Gasteiger partial charge in [-0.3, -0.25) is 4.57 Å². The molecule has 1 atom stereocenters. The number of sulfonamides is 1. The number of fused-ring (bicyclic) bond motifs is 1. The number of ether oxygens (including phenoxy) is 1. The van der Waals surface area contributed by atoms with Gasteiger partial charge >= 0.3 is 0 Å². The highest BCUT2D eigenvalue weighted by molar-refractivity contribution is 7.94. The third kappa shape index (κ3) is 4.59. The predicted octanol–water partition coefficient (Wildman–Crippen LogP) is 2.75. The molecule has 3 rings (SSSR count). The Kier molecular flexibility index (Phi) is 6.22. The number of hydrogen-bond donors (Lipinski definition) is 1. The molecule has 0 saturated heterocycles. The maximum Gasteiger partial charge on any atom is 0.274 e. The monoisotopic (exact) mass is 432 g/mol. The summed E-state index contributed by atoms with van der Waals surface area (Å²) in [5.74, 6) is 0.367. The second-order valence-corrected chi connectivity index (χ2v) is 8.39. The van der Waals surface area contributed by atoms with Crippen LogP contribution in [0.2, 0.25) is 0 Å². The number of nitrogens with one attached hydrogen (secondary N) is 1. The van der Waals surface area contributed by atoms with E-state index >= 15 is 0 Å². The summed E-state index contributed by atoms with van der Waals surface area (Å²) in [7, 11) is -0.599. The van der Waals surface area contributed by atoms with E-state index in [9.17, 15) is 8.42 Å². The lowest BCUT2D eigenvalue weighted by atomic mass is 10.3. The Morgan fingerprint density at radius 1 is 1.31 bits per heavy atom. The van der Waals surface area contributed by atoms with Gasteiger partial charge in [0.2, 0.25) is 0 Å². The van der Waals surface area contributed by atoms with E-state index in [1.807, 2.05) is 7.05 Å². The maximum atomic E-state index is 12.9. The molecule has 8 nitrogen and oxygen atoms in total. The summed E-state index contributed by atoms with van der Waals surface area (Å²) in [6.45, 7) is 1.08. The molecule has 0 aliphatic rings. The van der Waals surface area contributed by atoms with Crippen molar-refractivity contribution in [3.63, 3.8) is 0 Å². The minimum absolute atomic E-state index is 0.0233. The van der Waals surface area contributed by atoms with Crippen LogP contribution >= 0.6 is 12.2 Å². The van der Waals surface area contributed by atoms with Crippen molar-refractivity contribution in [3.05, 3.63) is 52.0 Å². The van der Waals surface area contributed by atoms with E-state index in [0.717, 1.165) is 4.90 Å². The first-order chi connectivity index (χ1) is 13.9. The summed E-state index contributed by atoms with van der Waals surface area (Å²) in [6.07, 6.45) is 0.409. The zero-order valence-corrected chi connectivity index (χ0v) is 17.6. The van der Waals surface area contributed by atoms with Gasteiger partial charge in [-0.05, 0) is 36.5 Å². The van der Waals surface area contributed by atoms with Crippen LogP contribution in [0.4, 0.5) is 5.69 Å². The zero-order valence-electron chi connectivity index (χ0n) is 16.0. The minimum atomic E-state index is -3.98. The second kappa shape index (κ2) is 8.65. The fourth-order valence-corrected chi connectivity index (χ4v) is 4.13. The molecule has 10 heteroatoms. The van der Waals surface area contributed by atoms with E-state index in [1.165, 1.54) is 19.2 Å². The number of hydrogen-bond acceptors (Lipinski definition) is 6. The number of benzene rings is 2. The molecular weight excluding hydrogens is 412 g/mol. The third-order valence-electron chi connectivity index (χ3n) is 4.33. The lowest BCUT2D eigenvalue weighted by molar-refractivity contribution is -0.902. The Hall–Kier alpha value is -2.87. The molecule has 0 spiro atoms. The molecule has 0 saturated carbocycles. The molecule has 1 N–H and O–H groups in total. The first-order valence-corrected chi connectivity index (χ1v) is 10.6. The molecule has 0 radical (unpaired) electrons. The summed E-state index contributed by atoms with van der Waals surface area (Å²) in [6, 6.07) is 13.3. The molecule has 3 aromatic rings. The van der Waals surface area contributed by atoms with Crippen molar-refractivity contribution in [2.45, 2.75) is 18.0 Å². The van der Waals surface area contributed by atoms with Gasteiger partial charge in [-0.25, -0.2) is 8.42 Å².